The van der Waals surface area contributed by atoms with Crippen LogP contribution in [0.5, 0.6) is 0 Å². The molecule has 2 aromatic carbocycles. The van der Waals surface area contributed by atoms with E-state index in [0.29, 0.717) is 5.76 Å². The highest BCUT2D eigenvalue weighted by atomic mass is 16.5. The fourth-order valence-electron chi connectivity index (χ4n) is 5.01. The van der Waals surface area contributed by atoms with Crippen LogP contribution in [0.25, 0.3) is 11.0 Å². The first-order valence-corrected chi connectivity index (χ1v) is 11.3. The average Bonchev–Trinajstić information content (AvgIpc) is 3.48. The van der Waals surface area contributed by atoms with Gasteiger partial charge in [0.15, 0.2) is 0 Å². The number of hydrogen-bond donors (Lipinski definition) is 1. The first-order valence-electron chi connectivity index (χ1n) is 11.3. The first kappa shape index (κ1) is 19.4. The second-order valence-electron chi connectivity index (χ2n) is 8.81. The molecular formula is C25H27N5O2. The maximum atomic E-state index is 12.9. The normalized spacial score (nSPS) is 22.0. The van der Waals surface area contributed by atoms with Crippen LogP contribution < -0.4 is 9.80 Å². The number of fused-ring (bicyclic) bond motifs is 1. The molecule has 1 aromatic heterocycles. The van der Waals surface area contributed by atoms with Crippen molar-refractivity contribution in [2.45, 2.75) is 24.9 Å². The van der Waals surface area contributed by atoms with Gasteiger partial charge in [-0.05, 0) is 48.7 Å². The molecule has 1 saturated heterocycles. The number of aromatic nitrogens is 2. The number of methoxy groups -OCH3 is 1. The lowest BCUT2D eigenvalue weighted by Crippen LogP contribution is -2.47. The number of carbonyl (C=O) groups is 1. The SMILES string of the molecule is COC1=CC(=O)N(c2ccc3[nH]cnc3c2)C1c1ccc(N2CCN(C3CC3)CC2)cc1. The molecule has 7 nitrogen and oxygen atoms in total. The van der Waals surface area contributed by atoms with Gasteiger partial charge >= 0.3 is 0 Å². The second kappa shape index (κ2) is 7.67. The Morgan fingerprint density at radius 2 is 1.75 bits per heavy atom. The molecule has 7 heteroatoms. The number of aromatic amines is 1. The van der Waals surface area contributed by atoms with Crippen molar-refractivity contribution in [2.24, 2.45) is 0 Å². The van der Waals surface area contributed by atoms with E-state index in [1.807, 2.05) is 18.2 Å². The molecule has 1 N–H and O–H groups in total. The number of nitrogens with one attached hydrogen (secondary N) is 1. The van der Waals surface area contributed by atoms with Gasteiger partial charge in [0.1, 0.15) is 11.8 Å². The molecule has 3 aliphatic rings. The molecule has 2 aliphatic heterocycles. The van der Waals surface area contributed by atoms with Crippen LogP contribution in [-0.2, 0) is 9.53 Å². The topological polar surface area (TPSA) is 64.7 Å². The molecule has 1 amide bonds. The molecule has 3 aromatic rings. The largest absolute Gasteiger partial charge is 0.498 e. The molecular weight excluding hydrogens is 402 g/mol. The maximum Gasteiger partial charge on any atom is 0.255 e. The summed E-state index contributed by atoms with van der Waals surface area (Å²) in [5.74, 6) is 0.574. The summed E-state index contributed by atoms with van der Waals surface area (Å²) < 4.78 is 5.62. The summed E-state index contributed by atoms with van der Waals surface area (Å²) in [6.45, 7) is 4.42. The molecule has 1 atom stereocenters. The van der Waals surface area contributed by atoms with Gasteiger partial charge in [0, 0.05) is 49.7 Å². The van der Waals surface area contributed by atoms with Crippen LogP contribution in [-0.4, -0.2) is 60.1 Å². The van der Waals surface area contributed by atoms with Crippen molar-refractivity contribution in [1.82, 2.24) is 14.9 Å². The highest BCUT2D eigenvalue weighted by molar-refractivity contribution is 6.06. The molecule has 0 spiro atoms. The zero-order chi connectivity index (χ0) is 21.7. The molecule has 1 unspecified atom stereocenters. The van der Waals surface area contributed by atoms with E-state index < -0.39 is 0 Å². The van der Waals surface area contributed by atoms with Crippen molar-refractivity contribution in [3.63, 3.8) is 0 Å². The average molecular weight is 430 g/mol. The van der Waals surface area contributed by atoms with E-state index in [4.69, 9.17) is 4.74 Å². The number of carbonyl (C=O) groups excluding carboxylic acids is 1. The first-order chi connectivity index (χ1) is 15.7. The van der Waals surface area contributed by atoms with E-state index in [0.717, 1.165) is 54.5 Å². The van der Waals surface area contributed by atoms with Gasteiger partial charge in [-0.15, -0.1) is 0 Å². The molecule has 3 heterocycles. The Hall–Kier alpha value is -3.32. The van der Waals surface area contributed by atoms with E-state index in [-0.39, 0.29) is 11.9 Å². The minimum Gasteiger partial charge on any atom is -0.498 e. The summed E-state index contributed by atoms with van der Waals surface area (Å²) in [5, 5.41) is 0. The van der Waals surface area contributed by atoms with Crippen molar-refractivity contribution in [2.75, 3.05) is 43.1 Å². The van der Waals surface area contributed by atoms with Crippen LogP contribution in [0.3, 0.4) is 0 Å². The van der Waals surface area contributed by atoms with Crippen molar-refractivity contribution in [1.29, 1.82) is 0 Å². The van der Waals surface area contributed by atoms with Crippen LogP contribution in [0.15, 0.2) is 60.6 Å². The van der Waals surface area contributed by atoms with Gasteiger partial charge in [-0.2, -0.15) is 0 Å². The molecule has 1 aliphatic carbocycles. The number of nitrogens with zero attached hydrogens (tertiary/aromatic N) is 4. The van der Waals surface area contributed by atoms with E-state index in [1.54, 1.807) is 24.4 Å². The maximum absolute atomic E-state index is 12.9. The van der Waals surface area contributed by atoms with Crippen LogP contribution >= 0.6 is 0 Å². The minimum absolute atomic E-state index is 0.0815. The van der Waals surface area contributed by atoms with Crippen molar-refractivity contribution < 1.29 is 9.53 Å². The quantitative estimate of drug-likeness (QED) is 0.673. The number of benzene rings is 2. The molecule has 1 saturated carbocycles. The van der Waals surface area contributed by atoms with Gasteiger partial charge in [-0.1, -0.05) is 12.1 Å². The molecule has 0 bridgehead atoms. The summed E-state index contributed by atoms with van der Waals surface area (Å²) >= 11 is 0. The Balaban J connectivity index is 1.26. The third-order valence-corrected chi connectivity index (χ3v) is 6.90. The van der Waals surface area contributed by atoms with Gasteiger partial charge in [0.05, 0.1) is 24.5 Å². The van der Waals surface area contributed by atoms with Gasteiger partial charge in [-0.25, -0.2) is 4.98 Å². The Morgan fingerprint density at radius 3 is 2.47 bits per heavy atom. The number of amides is 1. The summed E-state index contributed by atoms with van der Waals surface area (Å²) in [4.78, 5) is 27.3. The zero-order valence-corrected chi connectivity index (χ0v) is 18.2. The predicted octanol–water partition coefficient (Wildman–Crippen LogP) is 3.47. The smallest absolute Gasteiger partial charge is 0.255 e. The van der Waals surface area contributed by atoms with E-state index in [1.165, 1.54) is 18.5 Å². The van der Waals surface area contributed by atoms with Crippen molar-refractivity contribution in [3.05, 3.63) is 66.2 Å². The number of ether oxygens (including phenoxy) is 1. The fourth-order valence-corrected chi connectivity index (χ4v) is 5.01. The van der Waals surface area contributed by atoms with Gasteiger partial charge in [-0.3, -0.25) is 14.6 Å². The summed E-state index contributed by atoms with van der Waals surface area (Å²) in [5.41, 5.74) is 4.86. The molecule has 32 heavy (non-hydrogen) atoms. The van der Waals surface area contributed by atoms with Crippen LogP contribution in [0.2, 0.25) is 0 Å². The number of imidazole rings is 1. The Bertz CT molecular complexity index is 1170. The Kier molecular flexibility index (Phi) is 4.64. The van der Waals surface area contributed by atoms with Gasteiger partial charge < -0.3 is 14.6 Å². The second-order valence-corrected chi connectivity index (χ2v) is 8.81. The lowest BCUT2D eigenvalue weighted by atomic mass is 10.0. The van der Waals surface area contributed by atoms with E-state index in [9.17, 15) is 4.79 Å². The monoisotopic (exact) mass is 429 g/mol. The van der Waals surface area contributed by atoms with Crippen LogP contribution in [0.1, 0.15) is 24.4 Å². The highest BCUT2D eigenvalue weighted by Gasteiger charge is 2.37. The number of hydrogen-bond acceptors (Lipinski definition) is 5. The summed E-state index contributed by atoms with van der Waals surface area (Å²) in [6, 6.07) is 15.0. The van der Waals surface area contributed by atoms with Crippen LogP contribution in [0, 0.1) is 0 Å². The zero-order valence-electron chi connectivity index (χ0n) is 18.2. The number of H-pyrrole nitrogens is 1. The lowest BCUT2D eigenvalue weighted by Gasteiger charge is -2.36. The molecule has 6 rings (SSSR count). The van der Waals surface area contributed by atoms with Crippen molar-refractivity contribution in [3.8, 4) is 0 Å². The number of anilines is 2. The standard InChI is InChI=1S/C25H27N5O2/c1-32-23-15-24(31)30(20-8-9-21-22(14-20)27-16-26-21)25(23)17-2-4-18(5-3-17)28-10-12-29(13-11-28)19-6-7-19/h2-5,8-9,14-16,19,25H,6-7,10-13H2,1H3,(H,26,27). The van der Waals surface area contributed by atoms with Gasteiger partial charge in [0.2, 0.25) is 0 Å². The minimum atomic E-state index is -0.287. The predicted molar refractivity (Wildman–Crippen MR) is 125 cm³/mol. The lowest BCUT2D eigenvalue weighted by molar-refractivity contribution is -0.113. The molecule has 164 valence electrons. The van der Waals surface area contributed by atoms with Crippen LogP contribution in [0.4, 0.5) is 11.4 Å². The summed E-state index contributed by atoms with van der Waals surface area (Å²) in [7, 11) is 1.63. The highest BCUT2D eigenvalue weighted by Crippen LogP contribution is 2.39. The van der Waals surface area contributed by atoms with E-state index >= 15 is 0 Å². The molecule has 2 fully saturated rings. The summed E-state index contributed by atoms with van der Waals surface area (Å²) in [6.07, 6.45) is 5.99. The van der Waals surface area contributed by atoms with Gasteiger partial charge in [0.25, 0.3) is 5.91 Å². The Labute approximate surface area is 187 Å². The van der Waals surface area contributed by atoms with Crippen molar-refractivity contribution >= 4 is 28.3 Å². The third kappa shape index (κ3) is 3.33. The number of piperazine rings is 1. The van der Waals surface area contributed by atoms with E-state index in [2.05, 4.69) is 44.0 Å². The fraction of sp³-hybridized carbons (Fsp3) is 0.360. The number of rotatable bonds is 5. The Morgan fingerprint density at radius 1 is 1.00 bits per heavy atom. The third-order valence-electron chi connectivity index (χ3n) is 6.90. The molecule has 0 radical (unpaired) electrons.